The predicted molar refractivity (Wildman–Crippen MR) is 173 cm³/mol. The van der Waals surface area contributed by atoms with Gasteiger partial charge in [0.05, 0.1) is 24.3 Å². The highest BCUT2D eigenvalue weighted by Gasteiger charge is 2.36. The zero-order valence-corrected chi connectivity index (χ0v) is 26.8. The minimum absolute atomic E-state index is 0.117. The van der Waals surface area contributed by atoms with Gasteiger partial charge in [-0.1, -0.05) is 74.0 Å². The van der Waals surface area contributed by atoms with Crippen molar-refractivity contribution in [1.82, 2.24) is 8.87 Å². The zero-order chi connectivity index (χ0) is 32.9. The molecule has 0 amide bonds. The number of aryl methyl sites for hydroxylation is 1. The summed E-state index contributed by atoms with van der Waals surface area (Å²) in [5.74, 6) is -1.89. The maximum Gasteiger partial charge on any atom is 0.305 e. The van der Waals surface area contributed by atoms with Crippen molar-refractivity contribution in [2.45, 2.75) is 76.1 Å². The van der Waals surface area contributed by atoms with Gasteiger partial charge in [-0.25, -0.2) is 12.8 Å². The number of hydrogen-bond acceptors (Lipinski definition) is 5. The van der Waals surface area contributed by atoms with Gasteiger partial charge in [0.1, 0.15) is 10.7 Å². The summed E-state index contributed by atoms with van der Waals surface area (Å²) < 4.78 is 46.7. The average molecular weight is 637 g/mol. The molecule has 3 aromatic carbocycles. The van der Waals surface area contributed by atoms with Crippen LogP contribution >= 0.6 is 0 Å². The van der Waals surface area contributed by atoms with Crippen LogP contribution in [0.4, 0.5) is 4.39 Å². The Morgan fingerprint density at radius 3 is 2.09 bits per heavy atom. The van der Waals surface area contributed by atoms with Crippen LogP contribution < -0.4 is 0 Å². The van der Waals surface area contributed by atoms with E-state index in [0.717, 1.165) is 11.1 Å². The third-order valence-corrected chi connectivity index (χ3v) is 9.70. The Hall–Kier alpha value is -3.83. The van der Waals surface area contributed by atoms with Gasteiger partial charge in [0, 0.05) is 31.4 Å². The molecular formula is C35H41FN2O6S. The Labute approximate surface area is 264 Å². The number of halogens is 1. The Balaban J connectivity index is 1.96. The number of rotatable bonds is 14. The first kappa shape index (κ1) is 34.1. The number of aliphatic carboxylic acids is 1. The molecule has 0 aliphatic carbocycles. The molecule has 45 heavy (non-hydrogen) atoms. The number of carboxylic acids is 1. The summed E-state index contributed by atoms with van der Waals surface area (Å²) in [7, 11) is -2.57. The third kappa shape index (κ3) is 8.07. The minimum Gasteiger partial charge on any atom is -0.481 e. The van der Waals surface area contributed by atoms with Gasteiger partial charge >= 0.3 is 5.97 Å². The summed E-state index contributed by atoms with van der Waals surface area (Å²) >= 11 is 0. The number of sulfonamides is 1. The number of hydrogen-bond donors (Lipinski definition) is 3. The van der Waals surface area contributed by atoms with Crippen molar-refractivity contribution in [1.29, 1.82) is 0 Å². The lowest BCUT2D eigenvalue weighted by atomic mass is 9.99. The van der Waals surface area contributed by atoms with Crippen LogP contribution in [0.1, 0.15) is 55.8 Å². The lowest BCUT2D eigenvalue weighted by Crippen LogP contribution is -2.28. The molecule has 10 heteroatoms. The van der Waals surface area contributed by atoms with E-state index in [-0.39, 0.29) is 36.7 Å². The smallest absolute Gasteiger partial charge is 0.305 e. The Morgan fingerprint density at radius 1 is 0.911 bits per heavy atom. The highest BCUT2D eigenvalue weighted by Crippen LogP contribution is 2.45. The topological polar surface area (TPSA) is 120 Å². The van der Waals surface area contributed by atoms with Crippen LogP contribution in [0.5, 0.6) is 0 Å². The van der Waals surface area contributed by atoms with Gasteiger partial charge in [-0.05, 0) is 66.6 Å². The van der Waals surface area contributed by atoms with Gasteiger partial charge in [-0.3, -0.25) is 4.79 Å². The van der Waals surface area contributed by atoms with Crippen molar-refractivity contribution in [3.8, 4) is 22.4 Å². The van der Waals surface area contributed by atoms with E-state index in [9.17, 15) is 27.8 Å². The van der Waals surface area contributed by atoms with Crippen molar-refractivity contribution >= 4 is 16.0 Å². The molecule has 0 unspecified atom stereocenters. The van der Waals surface area contributed by atoms with Crippen molar-refractivity contribution in [2.24, 2.45) is 0 Å². The Kier molecular flexibility index (Phi) is 11.0. The Morgan fingerprint density at radius 2 is 1.51 bits per heavy atom. The number of carbonyl (C=O) groups is 1. The normalized spacial score (nSPS) is 13.4. The molecule has 1 aromatic heterocycles. The first-order valence-corrected chi connectivity index (χ1v) is 16.4. The van der Waals surface area contributed by atoms with Crippen molar-refractivity contribution < 1.29 is 32.9 Å². The fourth-order valence-electron chi connectivity index (χ4n) is 5.65. The maximum atomic E-state index is 14.7. The van der Waals surface area contributed by atoms with E-state index in [1.165, 1.54) is 16.4 Å². The lowest BCUT2D eigenvalue weighted by molar-refractivity contribution is -0.139. The summed E-state index contributed by atoms with van der Waals surface area (Å²) in [5, 5.41) is 30.0. The van der Waals surface area contributed by atoms with E-state index in [1.807, 2.05) is 79.9 Å². The molecule has 0 saturated carbocycles. The number of nitrogens with zero attached hydrogens (tertiary/aromatic N) is 2. The summed E-state index contributed by atoms with van der Waals surface area (Å²) in [5.41, 5.74) is 4.67. The first-order chi connectivity index (χ1) is 21.3. The zero-order valence-electron chi connectivity index (χ0n) is 26.0. The molecule has 8 nitrogen and oxygen atoms in total. The summed E-state index contributed by atoms with van der Waals surface area (Å²) in [6.45, 7) is 6.06. The van der Waals surface area contributed by atoms with Crippen LogP contribution in [0, 0.1) is 12.7 Å². The van der Waals surface area contributed by atoms with E-state index in [2.05, 4.69) is 0 Å². The van der Waals surface area contributed by atoms with Crippen molar-refractivity contribution in [2.75, 3.05) is 7.05 Å². The van der Waals surface area contributed by atoms with Gasteiger partial charge in [0.2, 0.25) is 10.0 Å². The van der Waals surface area contributed by atoms with E-state index in [1.54, 1.807) is 19.2 Å². The van der Waals surface area contributed by atoms with Gasteiger partial charge in [-0.2, -0.15) is 4.31 Å². The van der Waals surface area contributed by atoms with E-state index >= 15 is 0 Å². The van der Waals surface area contributed by atoms with E-state index in [4.69, 9.17) is 5.11 Å². The molecule has 0 aliphatic rings. The lowest BCUT2D eigenvalue weighted by Gasteiger charge is -2.22. The van der Waals surface area contributed by atoms with Gasteiger partial charge in [-0.15, -0.1) is 0 Å². The number of benzene rings is 3. The molecule has 0 spiro atoms. The quantitative estimate of drug-likeness (QED) is 0.152. The second-order valence-corrected chi connectivity index (χ2v) is 13.8. The standard InChI is InChI=1S/C35H41FN2O6S/c1-23(2)33-35(45(43,44)37(4)22-25-8-6-5-7-9-25)32(26-12-10-24(3)11-13-26)34(27-14-16-28(36)17-15-27)38(33)19-18-29(39)20-30(40)21-31(41)42/h5-17,23,29-30,39-40H,18-22H2,1-4H3,(H,41,42)/t29-,30-/m1/s1. The molecule has 4 rings (SSSR count). The highest BCUT2D eigenvalue weighted by atomic mass is 32.2. The molecule has 0 bridgehead atoms. The fourth-order valence-corrected chi connectivity index (χ4v) is 7.37. The van der Waals surface area contributed by atoms with Crippen molar-refractivity contribution in [3.63, 3.8) is 0 Å². The molecule has 240 valence electrons. The van der Waals surface area contributed by atoms with Gasteiger partial charge < -0.3 is 19.9 Å². The number of carboxylic acid groups (broad SMARTS) is 1. The minimum atomic E-state index is -4.12. The molecule has 0 aliphatic heterocycles. The Bertz CT molecular complexity index is 1700. The van der Waals surface area contributed by atoms with Crippen molar-refractivity contribution in [3.05, 3.63) is 102 Å². The summed E-state index contributed by atoms with van der Waals surface area (Å²) in [6.07, 6.45) is -2.80. The first-order valence-electron chi connectivity index (χ1n) is 15.0. The maximum absolute atomic E-state index is 14.7. The molecule has 3 N–H and O–H groups in total. The van der Waals surface area contributed by atoms with Crippen LogP contribution in [0.2, 0.25) is 0 Å². The number of aliphatic hydroxyl groups excluding tert-OH is 2. The molecule has 0 radical (unpaired) electrons. The van der Waals surface area contributed by atoms with Crippen LogP contribution in [0.25, 0.3) is 22.4 Å². The second-order valence-electron chi connectivity index (χ2n) is 11.8. The third-order valence-electron chi connectivity index (χ3n) is 7.82. The van der Waals surface area contributed by atoms with Crippen LogP contribution in [0.3, 0.4) is 0 Å². The largest absolute Gasteiger partial charge is 0.481 e. The predicted octanol–water partition coefficient (Wildman–Crippen LogP) is 6.19. The molecular weight excluding hydrogens is 595 g/mol. The molecule has 2 atom stereocenters. The van der Waals surface area contributed by atoms with Gasteiger partial charge in [0.25, 0.3) is 0 Å². The SMILES string of the molecule is Cc1ccc(-c2c(S(=O)(=O)N(C)Cc3ccccc3)c(C(C)C)n(CC[C@@H](O)C[C@@H](O)CC(=O)O)c2-c2ccc(F)cc2)cc1. The molecule has 1 heterocycles. The van der Waals surface area contributed by atoms with Crippen LogP contribution in [-0.4, -0.2) is 57.8 Å². The van der Waals surface area contributed by atoms with E-state index in [0.29, 0.717) is 28.1 Å². The number of aliphatic hydroxyl groups is 2. The second kappa shape index (κ2) is 14.5. The molecule has 0 saturated heterocycles. The van der Waals surface area contributed by atoms with Crippen LogP contribution in [-0.2, 0) is 27.9 Å². The van der Waals surface area contributed by atoms with Gasteiger partial charge in [0.15, 0.2) is 0 Å². The molecule has 0 fully saturated rings. The average Bonchev–Trinajstić information content (AvgIpc) is 3.33. The highest BCUT2D eigenvalue weighted by molar-refractivity contribution is 7.89. The van der Waals surface area contributed by atoms with Crippen LogP contribution in [0.15, 0.2) is 83.8 Å². The van der Waals surface area contributed by atoms with E-state index < -0.39 is 40.4 Å². The summed E-state index contributed by atoms with van der Waals surface area (Å²) in [4.78, 5) is 11.2. The molecule has 4 aromatic rings. The fraction of sp³-hybridized carbons (Fsp3) is 0.343. The monoisotopic (exact) mass is 636 g/mol. The summed E-state index contributed by atoms with van der Waals surface area (Å²) in [6, 6.07) is 22.8. The number of aromatic nitrogens is 1.